The molecular weight excluding hydrogens is 250 g/mol. The molecular formula is C13H15NOS2. The molecule has 1 unspecified atom stereocenters. The number of hydrogen-bond acceptors (Lipinski definition) is 3. The zero-order valence-electron chi connectivity index (χ0n) is 9.90. The van der Waals surface area contributed by atoms with Gasteiger partial charge in [-0.1, -0.05) is 6.07 Å². The Kier molecular flexibility index (Phi) is 3.97. The van der Waals surface area contributed by atoms with Crippen LogP contribution in [0.25, 0.3) is 0 Å². The van der Waals surface area contributed by atoms with Gasteiger partial charge >= 0.3 is 0 Å². The molecule has 1 N–H and O–H groups in total. The van der Waals surface area contributed by atoms with E-state index in [2.05, 4.69) is 24.4 Å². The van der Waals surface area contributed by atoms with Crippen LogP contribution in [0.5, 0.6) is 0 Å². The summed E-state index contributed by atoms with van der Waals surface area (Å²) in [5.41, 5.74) is 0. The van der Waals surface area contributed by atoms with Gasteiger partial charge in [-0.2, -0.15) is 0 Å². The van der Waals surface area contributed by atoms with Crippen molar-refractivity contribution in [3.8, 4) is 0 Å². The number of carbonyl (C=O) groups is 1. The Morgan fingerprint density at radius 1 is 1.41 bits per heavy atom. The Balaban J connectivity index is 1.89. The summed E-state index contributed by atoms with van der Waals surface area (Å²) in [6.45, 7) is 4.14. The first-order chi connectivity index (χ1) is 8.15. The first-order valence-electron chi connectivity index (χ1n) is 5.55. The highest BCUT2D eigenvalue weighted by molar-refractivity contribution is 7.12. The van der Waals surface area contributed by atoms with E-state index in [1.54, 1.807) is 11.3 Å². The number of aryl methyl sites for hydroxylation is 1. The van der Waals surface area contributed by atoms with Crippen LogP contribution in [0.2, 0.25) is 0 Å². The second-order valence-corrected chi connectivity index (χ2v) is 6.39. The van der Waals surface area contributed by atoms with Crippen molar-refractivity contribution in [1.82, 2.24) is 5.32 Å². The fraction of sp³-hybridized carbons (Fsp3) is 0.308. The van der Waals surface area contributed by atoms with Crippen LogP contribution >= 0.6 is 22.7 Å². The zero-order valence-corrected chi connectivity index (χ0v) is 11.5. The van der Waals surface area contributed by atoms with Crippen LogP contribution in [-0.4, -0.2) is 11.9 Å². The van der Waals surface area contributed by atoms with Crippen LogP contribution in [0.1, 0.15) is 26.3 Å². The summed E-state index contributed by atoms with van der Waals surface area (Å²) in [6, 6.07) is 8.17. The SMILES string of the molecule is Cc1ccc(CC(C)NC(=O)c2cccs2)s1. The fourth-order valence-corrected chi connectivity index (χ4v) is 3.30. The van der Waals surface area contributed by atoms with Gasteiger partial charge in [0.15, 0.2) is 0 Å². The van der Waals surface area contributed by atoms with E-state index in [1.807, 2.05) is 24.4 Å². The fourth-order valence-electron chi connectivity index (χ4n) is 1.65. The molecule has 0 saturated heterocycles. The summed E-state index contributed by atoms with van der Waals surface area (Å²) in [5, 5.41) is 4.94. The molecule has 2 aromatic rings. The average Bonchev–Trinajstić information content (AvgIpc) is 2.89. The van der Waals surface area contributed by atoms with Crippen LogP contribution in [0.15, 0.2) is 29.6 Å². The highest BCUT2D eigenvalue weighted by Gasteiger charge is 2.11. The van der Waals surface area contributed by atoms with Crippen LogP contribution in [0.3, 0.4) is 0 Å². The van der Waals surface area contributed by atoms with Crippen molar-refractivity contribution in [3.05, 3.63) is 44.3 Å². The van der Waals surface area contributed by atoms with E-state index in [4.69, 9.17) is 0 Å². The van der Waals surface area contributed by atoms with Crippen LogP contribution < -0.4 is 5.32 Å². The lowest BCUT2D eigenvalue weighted by molar-refractivity contribution is 0.0944. The van der Waals surface area contributed by atoms with Gasteiger partial charge in [-0.05, 0) is 37.4 Å². The molecule has 0 fully saturated rings. The molecule has 0 aliphatic heterocycles. The molecule has 0 radical (unpaired) electrons. The second kappa shape index (κ2) is 5.47. The highest BCUT2D eigenvalue weighted by Crippen LogP contribution is 2.17. The first-order valence-corrected chi connectivity index (χ1v) is 7.24. The maximum Gasteiger partial charge on any atom is 0.261 e. The van der Waals surface area contributed by atoms with Gasteiger partial charge < -0.3 is 5.32 Å². The van der Waals surface area contributed by atoms with Crippen molar-refractivity contribution in [1.29, 1.82) is 0 Å². The highest BCUT2D eigenvalue weighted by atomic mass is 32.1. The van der Waals surface area contributed by atoms with Gasteiger partial charge in [0.05, 0.1) is 4.88 Å². The second-order valence-electron chi connectivity index (χ2n) is 4.07. The normalized spacial score (nSPS) is 12.4. The van der Waals surface area contributed by atoms with E-state index in [0.29, 0.717) is 0 Å². The third kappa shape index (κ3) is 3.41. The van der Waals surface area contributed by atoms with E-state index in [-0.39, 0.29) is 11.9 Å². The molecule has 2 heterocycles. The number of carbonyl (C=O) groups excluding carboxylic acids is 1. The quantitative estimate of drug-likeness (QED) is 0.901. The predicted octanol–water partition coefficient (Wildman–Crippen LogP) is 3.48. The molecule has 0 aromatic carbocycles. The van der Waals surface area contributed by atoms with Gasteiger partial charge in [-0.25, -0.2) is 0 Å². The Hall–Kier alpha value is -1.13. The molecule has 1 amide bonds. The summed E-state index contributed by atoms with van der Waals surface area (Å²) in [5.74, 6) is 0.0285. The van der Waals surface area contributed by atoms with Crippen molar-refractivity contribution in [2.24, 2.45) is 0 Å². The molecule has 0 aliphatic rings. The number of thiophene rings is 2. The lowest BCUT2D eigenvalue weighted by atomic mass is 10.2. The van der Waals surface area contributed by atoms with Gasteiger partial charge in [0, 0.05) is 22.2 Å². The van der Waals surface area contributed by atoms with Crippen molar-refractivity contribution < 1.29 is 4.79 Å². The third-order valence-electron chi connectivity index (χ3n) is 2.43. The Labute approximate surface area is 109 Å². The minimum absolute atomic E-state index is 0.0285. The van der Waals surface area contributed by atoms with E-state index >= 15 is 0 Å². The van der Waals surface area contributed by atoms with E-state index in [0.717, 1.165) is 11.3 Å². The minimum atomic E-state index is 0.0285. The summed E-state index contributed by atoms with van der Waals surface area (Å²) >= 11 is 3.27. The number of amides is 1. The standard InChI is InChI=1S/C13H15NOS2/c1-9(8-11-6-5-10(2)17-11)14-13(15)12-4-3-7-16-12/h3-7,9H,8H2,1-2H3,(H,14,15). The van der Waals surface area contributed by atoms with Gasteiger partial charge in [0.25, 0.3) is 5.91 Å². The lowest BCUT2D eigenvalue weighted by Crippen LogP contribution is -2.33. The third-order valence-corrected chi connectivity index (χ3v) is 4.32. The molecule has 0 aliphatic carbocycles. The minimum Gasteiger partial charge on any atom is -0.349 e. The lowest BCUT2D eigenvalue weighted by Gasteiger charge is -2.11. The topological polar surface area (TPSA) is 29.1 Å². The molecule has 1 atom stereocenters. The number of nitrogens with one attached hydrogen (secondary N) is 1. The molecule has 0 saturated carbocycles. The molecule has 17 heavy (non-hydrogen) atoms. The van der Waals surface area contributed by atoms with Gasteiger partial charge in [0.1, 0.15) is 0 Å². The van der Waals surface area contributed by atoms with Crippen LogP contribution in [0.4, 0.5) is 0 Å². The maximum absolute atomic E-state index is 11.8. The number of rotatable bonds is 4. The van der Waals surface area contributed by atoms with E-state index in [9.17, 15) is 4.79 Å². The Morgan fingerprint density at radius 2 is 2.24 bits per heavy atom. The average molecular weight is 265 g/mol. The van der Waals surface area contributed by atoms with Crippen LogP contribution in [-0.2, 0) is 6.42 Å². The van der Waals surface area contributed by atoms with E-state index < -0.39 is 0 Å². The maximum atomic E-state index is 11.8. The van der Waals surface area contributed by atoms with Crippen molar-refractivity contribution in [3.63, 3.8) is 0 Å². The monoisotopic (exact) mass is 265 g/mol. The predicted molar refractivity (Wildman–Crippen MR) is 74.0 cm³/mol. The molecule has 2 aromatic heterocycles. The van der Waals surface area contributed by atoms with Crippen molar-refractivity contribution in [2.45, 2.75) is 26.3 Å². The van der Waals surface area contributed by atoms with Crippen molar-refractivity contribution in [2.75, 3.05) is 0 Å². The van der Waals surface area contributed by atoms with Crippen molar-refractivity contribution >= 4 is 28.6 Å². The summed E-state index contributed by atoms with van der Waals surface area (Å²) < 4.78 is 0. The molecule has 0 bridgehead atoms. The van der Waals surface area contributed by atoms with Gasteiger partial charge in [0.2, 0.25) is 0 Å². The largest absolute Gasteiger partial charge is 0.349 e. The summed E-state index contributed by atoms with van der Waals surface area (Å²) in [7, 11) is 0. The number of hydrogen-bond donors (Lipinski definition) is 1. The molecule has 90 valence electrons. The molecule has 2 nitrogen and oxygen atoms in total. The Morgan fingerprint density at radius 3 is 2.82 bits per heavy atom. The summed E-state index contributed by atoms with van der Waals surface area (Å²) in [6.07, 6.45) is 0.898. The zero-order chi connectivity index (χ0) is 12.3. The Bertz CT molecular complexity index is 487. The van der Waals surface area contributed by atoms with Crippen LogP contribution in [0, 0.1) is 6.92 Å². The van der Waals surface area contributed by atoms with E-state index in [1.165, 1.54) is 21.1 Å². The molecule has 0 spiro atoms. The summed E-state index contributed by atoms with van der Waals surface area (Å²) in [4.78, 5) is 15.2. The smallest absolute Gasteiger partial charge is 0.261 e. The van der Waals surface area contributed by atoms with Gasteiger partial charge in [-0.15, -0.1) is 22.7 Å². The van der Waals surface area contributed by atoms with Gasteiger partial charge in [-0.3, -0.25) is 4.79 Å². The first kappa shape index (κ1) is 12.3. The molecule has 4 heteroatoms. The molecule has 2 rings (SSSR count).